The van der Waals surface area contributed by atoms with Crippen LogP contribution < -0.4 is 0 Å². The molecule has 8 nitrogen and oxygen atoms in total. The van der Waals surface area contributed by atoms with E-state index in [-0.39, 0.29) is 11.2 Å². The van der Waals surface area contributed by atoms with Crippen LogP contribution in [0.2, 0.25) is 0 Å². The molecule has 1 amide bonds. The van der Waals surface area contributed by atoms with E-state index in [1.54, 1.807) is 36.5 Å². The Morgan fingerprint density at radius 1 is 1.03 bits per heavy atom. The summed E-state index contributed by atoms with van der Waals surface area (Å²) < 4.78 is 1.97. The Morgan fingerprint density at radius 2 is 1.83 bits per heavy atom. The van der Waals surface area contributed by atoms with E-state index in [9.17, 15) is 4.79 Å². The second-order valence-corrected chi connectivity index (χ2v) is 8.15. The van der Waals surface area contributed by atoms with Crippen molar-refractivity contribution in [3.8, 4) is 5.69 Å². The topological polar surface area (TPSA) is 81.2 Å². The number of fused-ring (bicyclic) bond motifs is 1. The highest BCUT2D eigenvalue weighted by atomic mass is 32.2. The van der Waals surface area contributed by atoms with Crippen molar-refractivity contribution in [2.45, 2.75) is 23.1 Å². The summed E-state index contributed by atoms with van der Waals surface area (Å²) in [6.07, 6.45) is 12.6. The van der Waals surface area contributed by atoms with Gasteiger partial charge in [-0.25, -0.2) is 9.97 Å². The van der Waals surface area contributed by atoms with E-state index in [0.29, 0.717) is 17.8 Å². The molecule has 0 N–H and O–H groups in total. The lowest BCUT2D eigenvalue weighted by atomic mass is 10.1. The van der Waals surface area contributed by atoms with Crippen LogP contribution in [0.3, 0.4) is 0 Å². The van der Waals surface area contributed by atoms with Gasteiger partial charge >= 0.3 is 0 Å². The van der Waals surface area contributed by atoms with Crippen molar-refractivity contribution in [3.63, 3.8) is 0 Å². The van der Waals surface area contributed by atoms with Crippen LogP contribution in [0.15, 0.2) is 66.5 Å². The average Bonchev–Trinajstić information content (AvgIpc) is 3.46. The van der Waals surface area contributed by atoms with Crippen LogP contribution in [-0.2, 0) is 0 Å². The first kappa shape index (κ1) is 17.9. The van der Waals surface area contributed by atoms with Gasteiger partial charge in [0.25, 0.3) is 5.91 Å². The number of thioether (sulfide) groups is 1. The normalized spacial score (nSPS) is 17.0. The maximum atomic E-state index is 13.3. The third kappa shape index (κ3) is 3.49. The van der Waals surface area contributed by atoms with Crippen molar-refractivity contribution in [2.75, 3.05) is 13.1 Å². The maximum absolute atomic E-state index is 13.3. The molecule has 1 aliphatic heterocycles. The van der Waals surface area contributed by atoms with E-state index in [1.807, 2.05) is 46.0 Å². The third-order valence-electron chi connectivity index (χ3n) is 4.99. The van der Waals surface area contributed by atoms with Crippen LogP contribution in [0.5, 0.6) is 0 Å². The predicted molar refractivity (Wildman–Crippen MR) is 109 cm³/mol. The number of imidazole rings is 1. The van der Waals surface area contributed by atoms with Crippen LogP contribution >= 0.6 is 11.8 Å². The van der Waals surface area contributed by atoms with E-state index in [2.05, 4.69) is 20.2 Å². The van der Waals surface area contributed by atoms with Gasteiger partial charge in [-0.05, 0) is 25.0 Å². The summed E-state index contributed by atoms with van der Waals surface area (Å²) in [4.78, 5) is 25.6. The lowest BCUT2D eigenvalue weighted by Crippen LogP contribution is -2.41. The van der Waals surface area contributed by atoms with E-state index in [4.69, 9.17) is 0 Å². The maximum Gasteiger partial charge on any atom is 0.256 e. The van der Waals surface area contributed by atoms with Crippen molar-refractivity contribution in [3.05, 3.63) is 67.0 Å². The highest BCUT2D eigenvalue weighted by Gasteiger charge is 2.27. The van der Waals surface area contributed by atoms with Crippen LogP contribution in [0.4, 0.5) is 0 Å². The number of carbonyl (C=O) groups excluding carboxylic acids is 1. The SMILES string of the molecule is O=C(c1ccccc1-n1nccn1)N1CCCC(Sc2nccn3ccnc23)C1. The summed E-state index contributed by atoms with van der Waals surface area (Å²) in [7, 11) is 0. The van der Waals surface area contributed by atoms with E-state index in [0.717, 1.165) is 30.1 Å². The van der Waals surface area contributed by atoms with Crippen LogP contribution in [0, 0.1) is 0 Å². The molecule has 3 aromatic heterocycles. The number of likely N-dealkylation sites (tertiary alicyclic amines) is 1. The molecule has 146 valence electrons. The van der Waals surface area contributed by atoms with Crippen molar-refractivity contribution < 1.29 is 4.79 Å². The molecule has 4 aromatic rings. The number of piperidine rings is 1. The summed E-state index contributed by atoms with van der Waals surface area (Å²) in [5.41, 5.74) is 2.17. The van der Waals surface area contributed by atoms with Crippen molar-refractivity contribution >= 4 is 23.3 Å². The first-order chi connectivity index (χ1) is 14.3. The van der Waals surface area contributed by atoms with Gasteiger partial charge in [0.2, 0.25) is 0 Å². The van der Waals surface area contributed by atoms with Crippen LogP contribution in [0.1, 0.15) is 23.2 Å². The number of aromatic nitrogens is 6. The number of carbonyl (C=O) groups is 1. The van der Waals surface area contributed by atoms with E-state index in [1.165, 1.54) is 4.80 Å². The number of nitrogens with zero attached hydrogens (tertiary/aromatic N) is 7. The first-order valence-electron chi connectivity index (χ1n) is 9.49. The number of rotatable bonds is 4. The lowest BCUT2D eigenvalue weighted by Gasteiger charge is -2.32. The number of benzene rings is 1. The predicted octanol–water partition coefficient (Wildman–Crippen LogP) is 2.71. The van der Waals surface area contributed by atoms with Gasteiger partial charge in [-0.1, -0.05) is 23.9 Å². The molecule has 0 aliphatic carbocycles. The zero-order valence-corrected chi connectivity index (χ0v) is 16.4. The fourth-order valence-electron chi connectivity index (χ4n) is 3.63. The van der Waals surface area contributed by atoms with Gasteiger partial charge < -0.3 is 9.30 Å². The molecule has 0 saturated carbocycles. The van der Waals surface area contributed by atoms with Crippen molar-refractivity contribution in [2.24, 2.45) is 0 Å². The molecule has 9 heteroatoms. The highest BCUT2D eigenvalue weighted by Crippen LogP contribution is 2.31. The van der Waals surface area contributed by atoms with E-state index >= 15 is 0 Å². The van der Waals surface area contributed by atoms with Crippen molar-refractivity contribution in [1.82, 2.24) is 34.3 Å². The second kappa shape index (κ2) is 7.67. The Labute approximate surface area is 171 Å². The Bertz CT molecular complexity index is 1140. The molecule has 1 aromatic carbocycles. The van der Waals surface area contributed by atoms with Gasteiger partial charge in [-0.3, -0.25) is 4.79 Å². The molecule has 0 bridgehead atoms. The summed E-state index contributed by atoms with van der Waals surface area (Å²) in [5, 5.41) is 9.54. The number of amides is 1. The molecule has 1 fully saturated rings. The fraction of sp³-hybridized carbons (Fsp3) is 0.250. The zero-order valence-electron chi connectivity index (χ0n) is 15.6. The Balaban J connectivity index is 1.36. The molecular weight excluding hydrogens is 386 g/mol. The smallest absolute Gasteiger partial charge is 0.256 e. The highest BCUT2D eigenvalue weighted by molar-refractivity contribution is 8.00. The molecule has 0 radical (unpaired) electrons. The molecular formula is C20H19N7OS. The monoisotopic (exact) mass is 405 g/mol. The summed E-state index contributed by atoms with van der Waals surface area (Å²) in [5.74, 6) is 0.00942. The quantitative estimate of drug-likeness (QED) is 0.519. The minimum absolute atomic E-state index is 0.00942. The van der Waals surface area contributed by atoms with E-state index < -0.39 is 0 Å². The van der Waals surface area contributed by atoms with Crippen molar-refractivity contribution in [1.29, 1.82) is 0 Å². The molecule has 0 spiro atoms. The zero-order chi connectivity index (χ0) is 19.6. The minimum atomic E-state index is 0.00942. The summed E-state index contributed by atoms with van der Waals surface area (Å²) in [6, 6.07) is 7.47. The first-order valence-corrected chi connectivity index (χ1v) is 10.4. The number of para-hydroxylation sites is 1. The summed E-state index contributed by atoms with van der Waals surface area (Å²) in [6.45, 7) is 1.42. The number of hydrogen-bond donors (Lipinski definition) is 0. The van der Waals surface area contributed by atoms with Gasteiger partial charge in [0, 0.05) is 43.1 Å². The van der Waals surface area contributed by atoms with Gasteiger partial charge in [-0.15, -0.1) is 0 Å². The molecule has 29 heavy (non-hydrogen) atoms. The largest absolute Gasteiger partial charge is 0.337 e. The Hall–Kier alpha value is -3.20. The van der Waals surface area contributed by atoms with Gasteiger partial charge in [0.1, 0.15) is 5.03 Å². The molecule has 1 saturated heterocycles. The standard InChI is InChI=1S/C20H19N7OS/c28-20(16-5-1-2-6-17(16)27-23-7-8-24-27)26-11-3-4-15(14-26)29-19-18-21-9-12-25(18)13-10-22-19/h1-2,5-10,12-13,15H,3-4,11,14H2. The Kier molecular flexibility index (Phi) is 4.73. The fourth-order valence-corrected chi connectivity index (χ4v) is 4.87. The van der Waals surface area contributed by atoms with Crippen LogP contribution in [-0.4, -0.2) is 58.5 Å². The molecule has 1 unspecified atom stereocenters. The molecule has 1 aliphatic rings. The summed E-state index contributed by atoms with van der Waals surface area (Å²) >= 11 is 1.70. The van der Waals surface area contributed by atoms with Gasteiger partial charge in [0.05, 0.1) is 23.6 Å². The third-order valence-corrected chi connectivity index (χ3v) is 6.22. The molecule has 4 heterocycles. The molecule has 1 atom stereocenters. The Morgan fingerprint density at radius 3 is 2.69 bits per heavy atom. The van der Waals surface area contributed by atoms with Gasteiger partial charge in [-0.2, -0.15) is 15.0 Å². The van der Waals surface area contributed by atoms with Gasteiger partial charge in [0.15, 0.2) is 5.65 Å². The van der Waals surface area contributed by atoms with Crippen LogP contribution in [0.25, 0.3) is 11.3 Å². The average molecular weight is 405 g/mol. The minimum Gasteiger partial charge on any atom is -0.337 e. The molecule has 5 rings (SSSR count). The lowest BCUT2D eigenvalue weighted by molar-refractivity contribution is 0.0728. The second-order valence-electron chi connectivity index (χ2n) is 6.86. The number of hydrogen-bond acceptors (Lipinski definition) is 6.